The number of guanidine groups is 2. The highest BCUT2D eigenvalue weighted by molar-refractivity contribution is 6.36. The van der Waals surface area contributed by atoms with Crippen LogP contribution in [0.5, 0.6) is 0 Å². The van der Waals surface area contributed by atoms with Crippen LogP contribution in [0.15, 0.2) is 58.6 Å². The molecule has 12 heteroatoms. The van der Waals surface area contributed by atoms with E-state index in [0.29, 0.717) is 38.5 Å². The number of non-ortho nitro benzene ring substituents is 1. The Morgan fingerprint density at radius 3 is 2.50 bits per heavy atom. The molecule has 1 atom stereocenters. The summed E-state index contributed by atoms with van der Waals surface area (Å²) in [5.74, 6) is 0.753. The maximum atomic E-state index is 11.0. The van der Waals surface area contributed by atoms with Crippen LogP contribution in [0.3, 0.4) is 0 Å². The summed E-state index contributed by atoms with van der Waals surface area (Å²) in [5.41, 5.74) is 8.42. The van der Waals surface area contributed by atoms with Crippen molar-refractivity contribution in [3.63, 3.8) is 0 Å². The zero-order valence-electron chi connectivity index (χ0n) is 17.0. The monoisotopic (exact) mass is 472 g/mol. The lowest BCUT2D eigenvalue weighted by Gasteiger charge is -2.23. The molecule has 0 radical (unpaired) electrons. The number of hydrogen-bond acceptors (Lipinski definition) is 8. The van der Waals surface area contributed by atoms with Crippen molar-refractivity contribution in [2.24, 2.45) is 15.7 Å². The highest BCUT2D eigenvalue weighted by atomic mass is 35.5. The van der Waals surface area contributed by atoms with Gasteiger partial charge in [0.05, 0.1) is 15.6 Å². The summed E-state index contributed by atoms with van der Waals surface area (Å²) in [4.78, 5) is 21.4. The Hall–Kier alpha value is -3.63. The second kappa shape index (κ2) is 8.48. The molecule has 0 bridgehead atoms. The van der Waals surface area contributed by atoms with E-state index in [2.05, 4.69) is 15.3 Å². The average molecular weight is 473 g/mol. The molecule has 1 aliphatic heterocycles. The van der Waals surface area contributed by atoms with E-state index in [1.807, 2.05) is 14.1 Å². The van der Waals surface area contributed by atoms with Crippen molar-refractivity contribution in [3.8, 4) is 16.9 Å². The summed E-state index contributed by atoms with van der Waals surface area (Å²) >= 11 is 12.5. The summed E-state index contributed by atoms with van der Waals surface area (Å²) in [6.07, 6.45) is 1.08. The number of benzene rings is 2. The first kappa shape index (κ1) is 21.6. The SMILES string of the molecule is CN(C)C1=NC(c2cn(-c3ccc([N+](=O)[O-])cc3)nc2-c2ccc(Cl)cc2Cl)N=C(N)N1. The quantitative estimate of drug-likeness (QED) is 0.441. The molecule has 2 aromatic carbocycles. The predicted octanol–water partition coefficient (Wildman–Crippen LogP) is 3.59. The van der Waals surface area contributed by atoms with Gasteiger partial charge in [-0.2, -0.15) is 5.10 Å². The number of hydrogen-bond donors (Lipinski definition) is 2. The van der Waals surface area contributed by atoms with Crippen LogP contribution in [0.1, 0.15) is 11.7 Å². The molecule has 0 spiro atoms. The van der Waals surface area contributed by atoms with Gasteiger partial charge >= 0.3 is 0 Å². The first-order valence-electron chi connectivity index (χ1n) is 9.38. The maximum absolute atomic E-state index is 11.0. The third-order valence-electron chi connectivity index (χ3n) is 4.70. The number of aliphatic imine (C=N–C) groups is 2. The molecule has 0 saturated carbocycles. The van der Waals surface area contributed by atoms with Crippen molar-refractivity contribution < 1.29 is 4.92 Å². The molecular weight excluding hydrogens is 455 g/mol. The van der Waals surface area contributed by atoms with E-state index in [1.54, 1.807) is 46.1 Å². The summed E-state index contributed by atoms with van der Waals surface area (Å²) in [6.45, 7) is 0. The molecule has 3 N–H and O–H groups in total. The van der Waals surface area contributed by atoms with Crippen molar-refractivity contribution in [2.45, 2.75) is 6.17 Å². The van der Waals surface area contributed by atoms with Crippen LogP contribution >= 0.6 is 23.2 Å². The Balaban J connectivity index is 1.87. The molecule has 2 heterocycles. The smallest absolute Gasteiger partial charge is 0.269 e. The Kier molecular flexibility index (Phi) is 5.72. The molecule has 1 aliphatic rings. The molecule has 0 amide bonds. The second-order valence-corrected chi connectivity index (χ2v) is 7.98. The minimum atomic E-state index is -0.679. The van der Waals surface area contributed by atoms with E-state index in [9.17, 15) is 10.1 Å². The molecule has 32 heavy (non-hydrogen) atoms. The van der Waals surface area contributed by atoms with E-state index < -0.39 is 11.1 Å². The van der Waals surface area contributed by atoms with E-state index in [4.69, 9.17) is 34.0 Å². The fraction of sp³-hybridized carbons (Fsp3) is 0.150. The lowest BCUT2D eigenvalue weighted by molar-refractivity contribution is -0.384. The number of halogens is 2. The average Bonchev–Trinajstić information content (AvgIpc) is 3.18. The van der Waals surface area contributed by atoms with Crippen LogP contribution in [0.2, 0.25) is 10.0 Å². The molecule has 3 aromatic rings. The fourth-order valence-corrected chi connectivity index (χ4v) is 3.65. The first-order valence-corrected chi connectivity index (χ1v) is 10.1. The van der Waals surface area contributed by atoms with Crippen molar-refractivity contribution in [1.82, 2.24) is 20.0 Å². The minimum absolute atomic E-state index is 0.0157. The van der Waals surface area contributed by atoms with Crippen molar-refractivity contribution >= 4 is 40.8 Å². The van der Waals surface area contributed by atoms with Gasteiger partial charge in [-0.3, -0.25) is 15.4 Å². The van der Waals surface area contributed by atoms with Gasteiger partial charge in [-0.05, 0) is 30.3 Å². The van der Waals surface area contributed by atoms with Gasteiger partial charge < -0.3 is 10.6 Å². The van der Waals surface area contributed by atoms with Gasteiger partial charge in [0.2, 0.25) is 5.96 Å². The largest absolute Gasteiger partial charge is 0.370 e. The van der Waals surface area contributed by atoms with Crippen molar-refractivity contribution in [3.05, 3.63) is 74.4 Å². The van der Waals surface area contributed by atoms with E-state index in [-0.39, 0.29) is 11.6 Å². The van der Waals surface area contributed by atoms with E-state index in [1.165, 1.54) is 12.1 Å². The molecule has 1 unspecified atom stereocenters. The second-order valence-electron chi connectivity index (χ2n) is 7.14. The predicted molar refractivity (Wildman–Crippen MR) is 124 cm³/mol. The van der Waals surface area contributed by atoms with Gasteiger partial charge in [0, 0.05) is 48.6 Å². The van der Waals surface area contributed by atoms with Gasteiger partial charge in [0.1, 0.15) is 5.69 Å². The standard InChI is InChI=1S/C20H18Cl2N8O2/c1-28(2)20-25-18(24-19(23)26-20)15-10-29(12-4-6-13(7-5-12)30(31)32)27-17(15)14-8-3-11(21)9-16(14)22/h3-10,18H,1-2H3,(H3,23,24,25,26). The molecule has 0 aliphatic carbocycles. The summed E-state index contributed by atoms with van der Waals surface area (Å²) < 4.78 is 1.60. The number of nitro groups is 1. The third kappa shape index (κ3) is 4.23. The Bertz CT molecular complexity index is 1250. The molecule has 0 fully saturated rings. The Labute approximate surface area is 193 Å². The molecule has 10 nitrogen and oxygen atoms in total. The number of nitrogens with one attached hydrogen (secondary N) is 1. The highest BCUT2D eigenvalue weighted by Crippen LogP contribution is 2.36. The van der Waals surface area contributed by atoms with E-state index >= 15 is 0 Å². The fourth-order valence-electron chi connectivity index (χ4n) is 3.15. The lowest BCUT2D eigenvalue weighted by atomic mass is 10.1. The van der Waals surface area contributed by atoms with Crippen LogP contribution in [0.4, 0.5) is 5.69 Å². The van der Waals surface area contributed by atoms with Gasteiger partial charge in [-0.1, -0.05) is 23.2 Å². The molecule has 4 rings (SSSR count). The maximum Gasteiger partial charge on any atom is 0.269 e. The van der Waals surface area contributed by atoms with E-state index in [0.717, 1.165) is 0 Å². The number of nitrogens with zero attached hydrogens (tertiary/aromatic N) is 6. The van der Waals surface area contributed by atoms with Crippen LogP contribution < -0.4 is 11.1 Å². The number of nitrogens with two attached hydrogens (primary N) is 1. The minimum Gasteiger partial charge on any atom is -0.370 e. The van der Waals surface area contributed by atoms with Crippen LogP contribution in [-0.2, 0) is 0 Å². The summed E-state index contributed by atoms with van der Waals surface area (Å²) in [7, 11) is 3.66. The lowest BCUT2D eigenvalue weighted by Crippen LogP contribution is -2.46. The van der Waals surface area contributed by atoms with Gasteiger partial charge in [-0.25, -0.2) is 14.7 Å². The van der Waals surface area contributed by atoms with Crippen molar-refractivity contribution in [2.75, 3.05) is 14.1 Å². The van der Waals surface area contributed by atoms with Crippen LogP contribution in [0.25, 0.3) is 16.9 Å². The molecular formula is C20H18Cl2N8O2. The van der Waals surface area contributed by atoms with Crippen molar-refractivity contribution in [1.29, 1.82) is 0 Å². The number of aromatic nitrogens is 2. The topological polar surface area (TPSA) is 127 Å². The molecule has 0 saturated heterocycles. The summed E-state index contributed by atoms with van der Waals surface area (Å²) in [5, 5.41) is 19.5. The summed E-state index contributed by atoms with van der Waals surface area (Å²) in [6, 6.07) is 11.1. The van der Waals surface area contributed by atoms with Gasteiger partial charge in [0.15, 0.2) is 12.1 Å². The first-order chi connectivity index (χ1) is 15.2. The number of nitro benzene ring substituents is 1. The molecule has 1 aromatic heterocycles. The van der Waals surface area contributed by atoms with Gasteiger partial charge in [-0.15, -0.1) is 0 Å². The number of rotatable bonds is 4. The Morgan fingerprint density at radius 2 is 1.88 bits per heavy atom. The third-order valence-corrected chi connectivity index (χ3v) is 5.25. The normalized spacial score (nSPS) is 15.6. The van der Waals surface area contributed by atoms with Crippen LogP contribution in [-0.4, -0.2) is 45.6 Å². The zero-order chi connectivity index (χ0) is 23.0. The molecule has 164 valence electrons. The van der Waals surface area contributed by atoms with Crippen LogP contribution in [0, 0.1) is 10.1 Å². The van der Waals surface area contributed by atoms with Gasteiger partial charge in [0.25, 0.3) is 5.69 Å². The zero-order valence-corrected chi connectivity index (χ0v) is 18.5. The highest BCUT2D eigenvalue weighted by Gasteiger charge is 2.25. The Morgan fingerprint density at radius 1 is 1.16 bits per heavy atom.